The van der Waals surface area contributed by atoms with Crippen LogP contribution in [0.15, 0.2) is 47.3 Å². The Kier molecular flexibility index (Phi) is 5.11. The first-order chi connectivity index (χ1) is 13.2. The van der Waals surface area contributed by atoms with Crippen LogP contribution in [0.1, 0.15) is 29.8 Å². The molecule has 6 nitrogen and oxygen atoms in total. The van der Waals surface area contributed by atoms with Gasteiger partial charge < -0.3 is 5.32 Å². The van der Waals surface area contributed by atoms with Crippen LogP contribution in [0.3, 0.4) is 0 Å². The van der Waals surface area contributed by atoms with Gasteiger partial charge in [0.15, 0.2) is 5.13 Å². The molecule has 2 aromatic heterocycles. The normalized spacial score (nSPS) is 13.6. The summed E-state index contributed by atoms with van der Waals surface area (Å²) in [6.07, 6.45) is 5.56. The molecule has 0 fully saturated rings. The summed E-state index contributed by atoms with van der Waals surface area (Å²) >= 11 is 1.54. The third-order valence-electron chi connectivity index (χ3n) is 4.57. The molecular formula is C20H20N4O2S. The van der Waals surface area contributed by atoms with Crippen molar-refractivity contribution in [2.45, 2.75) is 38.6 Å². The summed E-state index contributed by atoms with van der Waals surface area (Å²) < 4.78 is 1.19. The zero-order valence-electron chi connectivity index (χ0n) is 14.9. The first-order valence-corrected chi connectivity index (χ1v) is 9.93. The largest absolute Gasteiger partial charge is 0.300 e. The number of aryl methyl sites for hydroxylation is 2. The molecule has 7 heteroatoms. The fraction of sp³-hybridized carbons (Fsp3) is 0.300. The van der Waals surface area contributed by atoms with Gasteiger partial charge in [-0.25, -0.2) is 9.67 Å². The number of rotatable bonds is 4. The van der Waals surface area contributed by atoms with Crippen LogP contribution < -0.4 is 10.9 Å². The Morgan fingerprint density at radius 1 is 1.07 bits per heavy atom. The number of hydrogen-bond donors (Lipinski definition) is 1. The molecule has 2 heterocycles. The first-order valence-electron chi connectivity index (χ1n) is 9.11. The maximum Gasteiger partial charge on any atom is 0.267 e. The lowest BCUT2D eigenvalue weighted by Crippen LogP contribution is -2.29. The molecular weight excluding hydrogens is 360 g/mol. The van der Waals surface area contributed by atoms with Crippen molar-refractivity contribution in [2.75, 3.05) is 5.32 Å². The average Bonchev–Trinajstić information content (AvgIpc) is 2.92. The van der Waals surface area contributed by atoms with Crippen molar-refractivity contribution < 1.29 is 4.79 Å². The number of aromatic nitrogens is 3. The Morgan fingerprint density at radius 2 is 1.89 bits per heavy atom. The van der Waals surface area contributed by atoms with Gasteiger partial charge in [0, 0.05) is 16.5 Å². The van der Waals surface area contributed by atoms with E-state index in [4.69, 9.17) is 0 Å². The monoisotopic (exact) mass is 380 g/mol. The topological polar surface area (TPSA) is 76.9 Å². The molecule has 3 aromatic rings. The summed E-state index contributed by atoms with van der Waals surface area (Å²) in [5.74, 6) is -0.293. The average molecular weight is 380 g/mol. The minimum Gasteiger partial charge on any atom is -0.300 e. The molecule has 0 aliphatic heterocycles. The van der Waals surface area contributed by atoms with Crippen LogP contribution in [-0.2, 0) is 24.2 Å². The molecule has 0 saturated heterocycles. The molecule has 0 saturated carbocycles. The molecule has 4 rings (SSSR count). The van der Waals surface area contributed by atoms with Crippen LogP contribution in [0.4, 0.5) is 5.13 Å². The molecule has 138 valence electrons. The summed E-state index contributed by atoms with van der Waals surface area (Å²) in [4.78, 5) is 30.3. The second kappa shape index (κ2) is 7.84. The fourth-order valence-electron chi connectivity index (χ4n) is 3.20. The molecule has 27 heavy (non-hydrogen) atoms. The highest BCUT2D eigenvalue weighted by Gasteiger charge is 2.16. The molecule has 1 aliphatic rings. The SMILES string of the molecule is O=C(Cn1nc(-c2ccccc2)ccc1=O)Nc1nc2c(s1)CCCCC2. The van der Waals surface area contributed by atoms with E-state index in [2.05, 4.69) is 15.4 Å². The van der Waals surface area contributed by atoms with Gasteiger partial charge in [0.05, 0.1) is 11.4 Å². The van der Waals surface area contributed by atoms with Crippen molar-refractivity contribution in [1.29, 1.82) is 0 Å². The van der Waals surface area contributed by atoms with Gasteiger partial charge in [-0.05, 0) is 31.7 Å². The molecule has 1 N–H and O–H groups in total. The number of carbonyl (C=O) groups is 1. The smallest absolute Gasteiger partial charge is 0.267 e. The summed E-state index contributed by atoms with van der Waals surface area (Å²) in [7, 11) is 0. The third-order valence-corrected chi connectivity index (χ3v) is 5.64. The summed E-state index contributed by atoms with van der Waals surface area (Å²) in [6.45, 7) is -0.135. The van der Waals surface area contributed by atoms with Crippen molar-refractivity contribution in [3.05, 3.63) is 63.4 Å². The van der Waals surface area contributed by atoms with E-state index in [9.17, 15) is 9.59 Å². The lowest BCUT2D eigenvalue weighted by atomic mass is 10.1. The number of carbonyl (C=O) groups excluding carboxylic acids is 1. The first kappa shape index (κ1) is 17.6. The molecule has 0 radical (unpaired) electrons. The predicted molar refractivity (Wildman–Crippen MR) is 106 cm³/mol. The van der Waals surface area contributed by atoms with Crippen molar-refractivity contribution in [3.63, 3.8) is 0 Å². The minimum atomic E-state index is -0.306. The van der Waals surface area contributed by atoms with Gasteiger partial charge in [-0.2, -0.15) is 5.10 Å². The van der Waals surface area contributed by atoms with E-state index in [0.29, 0.717) is 10.8 Å². The second-order valence-electron chi connectivity index (χ2n) is 6.58. The van der Waals surface area contributed by atoms with Gasteiger partial charge in [-0.15, -0.1) is 11.3 Å². The van der Waals surface area contributed by atoms with Crippen LogP contribution in [0.5, 0.6) is 0 Å². The van der Waals surface area contributed by atoms with Gasteiger partial charge in [0.2, 0.25) is 5.91 Å². The number of hydrogen-bond acceptors (Lipinski definition) is 5. The summed E-state index contributed by atoms with van der Waals surface area (Å²) in [5, 5.41) is 7.76. The van der Waals surface area contributed by atoms with Crippen LogP contribution >= 0.6 is 11.3 Å². The molecule has 0 bridgehead atoms. The van der Waals surface area contributed by atoms with Gasteiger partial charge >= 0.3 is 0 Å². The van der Waals surface area contributed by atoms with Crippen LogP contribution in [0.2, 0.25) is 0 Å². The van der Waals surface area contributed by atoms with Crippen molar-refractivity contribution in [3.8, 4) is 11.3 Å². The van der Waals surface area contributed by atoms with Gasteiger partial charge in [-0.3, -0.25) is 9.59 Å². The van der Waals surface area contributed by atoms with Gasteiger partial charge in [-0.1, -0.05) is 36.8 Å². The van der Waals surface area contributed by atoms with Crippen molar-refractivity contribution in [2.24, 2.45) is 0 Å². The number of thiazole rings is 1. The molecule has 1 amide bonds. The number of fused-ring (bicyclic) bond motifs is 1. The molecule has 1 aliphatic carbocycles. The van der Waals surface area contributed by atoms with E-state index in [1.54, 1.807) is 17.4 Å². The number of nitrogens with one attached hydrogen (secondary N) is 1. The molecule has 0 unspecified atom stereocenters. The highest BCUT2D eigenvalue weighted by Crippen LogP contribution is 2.28. The fourth-order valence-corrected chi connectivity index (χ4v) is 4.27. The quantitative estimate of drug-likeness (QED) is 0.705. The Morgan fingerprint density at radius 3 is 2.74 bits per heavy atom. The lowest BCUT2D eigenvalue weighted by molar-refractivity contribution is -0.117. The summed E-state index contributed by atoms with van der Waals surface area (Å²) in [5.41, 5.74) is 2.35. The van der Waals surface area contributed by atoms with E-state index in [1.807, 2.05) is 30.3 Å². The van der Waals surface area contributed by atoms with Crippen LogP contribution in [0, 0.1) is 0 Å². The third kappa shape index (κ3) is 4.14. The second-order valence-corrected chi connectivity index (χ2v) is 7.66. The molecule has 0 spiro atoms. The van der Waals surface area contributed by atoms with Crippen LogP contribution in [-0.4, -0.2) is 20.7 Å². The van der Waals surface area contributed by atoms with E-state index < -0.39 is 0 Å². The Balaban J connectivity index is 1.49. The highest BCUT2D eigenvalue weighted by atomic mass is 32.1. The Labute approximate surface area is 160 Å². The number of benzene rings is 1. The van der Waals surface area contributed by atoms with Crippen molar-refractivity contribution >= 4 is 22.4 Å². The predicted octanol–water partition coefficient (Wildman–Crippen LogP) is 3.27. The van der Waals surface area contributed by atoms with Crippen LogP contribution in [0.25, 0.3) is 11.3 Å². The Bertz CT molecular complexity index is 987. The lowest BCUT2D eigenvalue weighted by Gasteiger charge is -2.07. The maximum absolute atomic E-state index is 12.4. The van der Waals surface area contributed by atoms with Crippen molar-refractivity contribution in [1.82, 2.24) is 14.8 Å². The molecule has 0 atom stereocenters. The molecule has 1 aromatic carbocycles. The van der Waals surface area contributed by atoms with Gasteiger partial charge in [0.25, 0.3) is 5.56 Å². The zero-order chi connectivity index (χ0) is 18.6. The number of amides is 1. The standard InChI is InChI=1S/C20H20N4O2S/c25-18(22-20-21-16-9-5-2-6-10-17(16)27-20)13-24-19(26)12-11-15(23-24)14-7-3-1-4-8-14/h1,3-4,7-8,11-12H,2,5-6,9-10,13H2,(H,21,22,25). The van der Waals surface area contributed by atoms with E-state index in [1.165, 1.54) is 28.5 Å². The zero-order valence-corrected chi connectivity index (χ0v) is 15.7. The highest BCUT2D eigenvalue weighted by molar-refractivity contribution is 7.15. The number of anilines is 1. The minimum absolute atomic E-state index is 0.135. The van der Waals surface area contributed by atoms with E-state index >= 15 is 0 Å². The number of nitrogens with zero attached hydrogens (tertiary/aromatic N) is 3. The maximum atomic E-state index is 12.4. The van der Waals surface area contributed by atoms with E-state index in [-0.39, 0.29) is 18.0 Å². The van der Waals surface area contributed by atoms with Gasteiger partial charge in [0.1, 0.15) is 6.54 Å². The van der Waals surface area contributed by atoms with E-state index in [0.717, 1.165) is 30.5 Å². The summed E-state index contributed by atoms with van der Waals surface area (Å²) in [6, 6.07) is 12.7. The Hall–Kier alpha value is -2.80.